The molecule has 0 unspecified atom stereocenters. The summed E-state index contributed by atoms with van der Waals surface area (Å²) in [6.07, 6.45) is 5.46. The van der Waals surface area contributed by atoms with E-state index < -0.39 is 0 Å². The van der Waals surface area contributed by atoms with E-state index in [1.807, 2.05) is 11.8 Å². The SMILES string of the molecule is C[C@@H]1C[C@@H]1C(=O)N1CC2(C[C@@H](OCC3CC3)CS2)C1. The molecular weight excluding hydrogens is 258 g/mol. The molecule has 2 aliphatic heterocycles. The van der Waals surface area contributed by atoms with Crippen molar-refractivity contribution in [2.75, 3.05) is 25.4 Å². The number of carbonyl (C=O) groups is 1. The van der Waals surface area contributed by atoms with E-state index in [4.69, 9.17) is 4.74 Å². The molecule has 4 heteroatoms. The normalized spacial score (nSPS) is 39.4. The maximum Gasteiger partial charge on any atom is 0.226 e. The summed E-state index contributed by atoms with van der Waals surface area (Å²) >= 11 is 2.05. The van der Waals surface area contributed by atoms with Gasteiger partial charge >= 0.3 is 0 Å². The zero-order valence-corrected chi connectivity index (χ0v) is 12.5. The summed E-state index contributed by atoms with van der Waals surface area (Å²) < 4.78 is 6.36. The Labute approximate surface area is 119 Å². The molecular formula is C15H23NO2S. The molecule has 0 bridgehead atoms. The predicted molar refractivity (Wildman–Crippen MR) is 76.1 cm³/mol. The highest BCUT2D eigenvalue weighted by Gasteiger charge is 2.53. The van der Waals surface area contributed by atoms with Crippen LogP contribution in [0.1, 0.15) is 32.6 Å². The first kappa shape index (κ1) is 12.5. The number of ether oxygens (including phenoxy) is 1. The minimum Gasteiger partial charge on any atom is -0.377 e. The van der Waals surface area contributed by atoms with Crippen molar-refractivity contribution in [1.82, 2.24) is 4.90 Å². The van der Waals surface area contributed by atoms with Gasteiger partial charge in [-0.2, -0.15) is 0 Å². The number of amides is 1. The fraction of sp³-hybridized carbons (Fsp3) is 0.933. The van der Waals surface area contributed by atoms with Crippen molar-refractivity contribution in [3.8, 4) is 0 Å². The van der Waals surface area contributed by atoms with E-state index in [1.165, 1.54) is 12.8 Å². The van der Waals surface area contributed by atoms with Gasteiger partial charge in [0.2, 0.25) is 5.91 Å². The number of hydrogen-bond acceptors (Lipinski definition) is 3. The summed E-state index contributed by atoms with van der Waals surface area (Å²) in [7, 11) is 0. The molecule has 4 fully saturated rings. The van der Waals surface area contributed by atoms with Crippen molar-refractivity contribution in [1.29, 1.82) is 0 Å². The first-order chi connectivity index (χ1) is 9.15. The van der Waals surface area contributed by atoms with Crippen LogP contribution in [0.15, 0.2) is 0 Å². The van der Waals surface area contributed by atoms with Gasteiger partial charge in [-0.05, 0) is 37.5 Å². The Kier molecular flexibility index (Phi) is 2.89. The van der Waals surface area contributed by atoms with Gasteiger partial charge in [0.1, 0.15) is 0 Å². The van der Waals surface area contributed by atoms with Gasteiger partial charge in [0.15, 0.2) is 0 Å². The second-order valence-corrected chi connectivity index (χ2v) is 8.60. The third kappa shape index (κ3) is 2.42. The highest BCUT2D eigenvalue weighted by molar-refractivity contribution is 8.01. The number of nitrogens with zero attached hydrogens (tertiary/aromatic N) is 1. The zero-order valence-electron chi connectivity index (χ0n) is 11.6. The van der Waals surface area contributed by atoms with Gasteiger partial charge in [0.25, 0.3) is 0 Å². The van der Waals surface area contributed by atoms with Crippen molar-refractivity contribution in [2.45, 2.75) is 43.5 Å². The Balaban J connectivity index is 1.24. The monoisotopic (exact) mass is 281 g/mol. The summed E-state index contributed by atoms with van der Waals surface area (Å²) in [5.74, 6) is 3.40. The van der Waals surface area contributed by atoms with Crippen LogP contribution in [0.3, 0.4) is 0 Å². The van der Waals surface area contributed by atoms with Gasteiger partial charge in [-0.25, -0.2) is 0 Å². The molecule has 0 aromatic carbocycles. The lowest BCUT2D eigenvalue weighted by atomic mass is 9.92. The molecule has 0 aromatic rings. The van der Waals surface area contributed by atoms with Crippen molar-refractivity contribution in [2.24, 2.45) is 17.8 Å². The standard InChI is InChI=1S/C15H23NO2S/c1-10-4-13(10)14(17)16-8-15(9-16)5-12(7-19-15)18-6-11-2-3-11/h10-13H,2-9H2,1H3/t10-,12-,13+/m1/s1. The molecule has 3 nitrogen and oxygen atoms in total. The predicted octanol–water partition coefficient (Wildman–Crippen LogP) is 2.16. The van der Waals surface area contributed by atoms with Gasteiger partial charge in [-0.3, -0.25) is 4.79 Å². The van der Waals surface area contributed by atoms with E-state index in [-0.39, 0.29) is 0 Å². The Hall–Kier alpha value is -0.220. The van der Waals surface area contributed by atoms with Crippen molar-refractivity contribution in [3.05, 3.63) is 0 Å². The molecule has 0 aromatic heterocycles. The lowest BCUT2D eigenvalue weighted by Gasteiger charge is -2.47. The second kappa shape index (κ2) is 4.39. The van der Waals surface area contributed by atoms with E-state index in [2.05, 4.69) is 11.8 Å². The minimum absolute atomic E-state index is 0.349. The fourth-order valence-electron chi connectivity index (χ4n) is 3.39. The number of carbonyl (C=O) groups excluding carboxylic acids is 1. The Morgan fingerprint density at radius 3 is 2.79 bits per heavy atom. The number of thioether (sulfide) groups is 1. The maximum absolute atomic E-state index is 12.1. The summed E-state index contributed by atoms with van der Waals surface area (Å²) in [6.45, 7) is 5.11. The van der Waals surface area contributed by atoms with Crippen LogP contribution in [0, 0.1) is 17.8 Å². The molecule has 4 aliphatic rings. The van der Waals surface area contributed by atoms with Crippen LogP contribution >= 0.6 is 11.8 Å². The number of hydrogen-bond donors (Lipinski definition) is 0. The fourth-order valence-corrected chi connectivity index (χ4v) is 4.94. The third-order valence-corrected chi connectivity index (χ3v) is 6.71. The van der Waals surface area contributed by atoms with Crippen molar-refractivity contribution >= 4 is 17.7 Å². The van der Waals surface area contributed by atoms with Gasteiger partial charge in [0.05, 0.1) is 10.9 Å². The Morgan fingerprint density at radius 2 is 2.16 bits per heavy atom. The average molecular weight is 281 g/mol. The van der Waals surface area contributed by atoms with E-state index >= 15 is 0 Å². The molecule has 4 rings (SSSR count). The molecule has 0 radical (unpaired) electrons. The van der Waals surface area contributed by atoms with E-state index in [0.29, 0.717) is 28.6 Å². The number of likely N-dealkylation sites (tertiary alicyclic amines) is 1. The molecule has 2 heterocycles. The molecule has 2 aliphatic carbocycles. The topological polar surface area (TPSA) is 29.5 Å². The van der Waals surface area contributed by atoms with Crippen LogP contribution in [0.4, 0.5) is 0 Å². The smallest absolute Gasteiger partial charge is 0.226 e. The lowest BCUT2D eigenvalue weighted by molar-refractivity contribution is -0.138. The highest BCUT2D eigenvalue weighted by Crippen LogP contribution is 2.49. The van der Waals surface area contributed by atoms with Crippen molar-refractivity contribution in [3.63, 3.8) is 0 Å². The van der Waals surface area contributed by atoms with Crippen LogP contribution in [0.5, 0.6) is 0 Å². The van der Waals surface area contributed by atoms with E-state index in [1.54, 1.807) is 0 Å². The van der Waals surface area contributed by atoms with E-state index in [0.717, 1.165) is 44.2 Å². The largest absolute Gasteiger partial charge is 0.377 e. The molecule has 19 heavy (non-hydrogen) atoms. The first-order valence-corrected chi connectivity index (χ1v) is 8.68. The molecule has 1 spiro atoms. The lowest BCUT2D eigenvalue weighted by Crippen LogP contribution is -2.61. The summed E-state index contributed by atoms with van der Waals surface area (Å²) in [4.78, 5) is 14.2. The highest BCUT2D eigenvalue weighted by atomic mass is 32.2. The van der Waals surface area contributed by atoms with Gasteiger partial charge in [0, 0.05) is 31.4 Å². The van der Waals surface area contributed by atoms with Gasteiger partial charge < -0.3 is 9.64 Å². The Bertz CT molecular complexity index is 390. The molecule has 3 atom stereocenters. The summed E-state index contributed by atoms with van der Waals surface area (Å²) in [6, 6.07) is 0. The second-order valence-electron chi connectivity index (χ2n) is 7.11. The van der Waals surface area contributed by atoms with Crippen LogP contribution in [-0.4, -0.2) is 47.1 Å². The van der Waals surface area contributed by atoms with Gasteiger partial charge in [-0.1, -0.05) is 6.92 Å². The van der Waals surface area contributed by atoms with Crippen LogP contribution in [0.25, 0.3) is 0 Å². The molecule has 106 valence electrons. The van der Waals surface area contributed by atoms with Crippen LogP contribution in [-0.2, 0) is 9.53 Å². The molecule has 2 saturated carbocycles. The summed E-state index contributed by atoms with van der Waals surface area (Å²) in [5.41, 5.74) is 0. The van der Waals surface area contributed by atoms with Gasteiger partial charge in [-0.15, -0.1) is 11.8 Å². The molecule has 0 N–H and O–H groups in total. The minimum atomic E-state index is 0.349. The maximum atomic E-state index is 12.1. The van der Waals surface area contributed by atoms with Crippen LogP contribution in [0.2, 0.25) is 0 Å². The van der Waals surface area contributed by atoms with Crippen molar-refractivity contribution < 1.29 is 9.53 Å². The average Bonchev–Trinajstić information content (AvgIpc) is 3.25. The summed E-state index contributed by atoms with van der Waals surface area (Å²) in [5, 5.41) is 0. The Morgan fingerprint density at radius 1 is 1.42 bits per heavy atom. The quantitative estimate of drug-likeness (QED) is 0.791. The molecule has 1 amide bonds. The van der Waals surface area contributed by atoms with Crippen LogP contribution < -0.4 is 0 Å². The van der Waals surface area contributed by atoms with E-state index in [9.17, 15) is 4.79 Å². The zero-order chi connectivity index (χ0) is 13.0. The first-order valence-electron chi connectivity index (χ1n) is 7.70. The third-order valence-electron chi connectivity index (χ3n) is 5.14. The number of rotatable bonds is 4. The molecule has 2 saturated heterocycles.